The number of nitrogens with two attached hydrogens (primary N) is 1. The first-order valence-electron chi connectivity index (χ1n) is 4.48. The third kappa shape index (κ3) is 4.38. The van der Waals surface area contributed by atoms with Crippen LogP contribution < -0.4 is 11.1 Å². The normalized spacial score (nSPS) is 19.4. The van der Waals surface area contributed by atoms with Crippen molar-refractivity contribution >= 4 is 0 Å². The summed E-state index contributed by atoms with van der Waals surface area (Å²) in [5.74, 6) is 0. The number of hydrogen-bond donors (Lipinski definition) is 2. The van der Waals surface area contributed by atoms with Crippen molar-refractivity contribution in [1.29, 1.82) is 0 Å². The van der Waals surface area contributed by atoms with Gasteiger partial charge in [0.1, 0.15) is 0 Å². The lowest BCUT2D eigenvalue weighted by molar-refractivity contribution is 0.327. The lowest BCUT2D eigenvalue weighted by atomic mass is 9.91. The summed E-state index contributed by atoms with van der Waals surface area (Å²) >= 11 is 0. The molecule has 0 aromatic rings. The van der Waals surface area contributed by atoms with E-state index in [-0.39, 0.29) is 5.54 Å². The van der Waals surface area contributed by atoms with Gasteiger partial charge in [-0.05, 0) is 40.2 Å². The molecule has 2 nitrogen and oxygen atoms in total. The topological polar surface area (TPSA) is 38.0 Å². The average Bonchev–Trinajstić information content (AvgIpc) is 2.00. The second-order valence-corrected chi connectivity index (χ2v) is 3.68. The molecule has 0 unspecified atom stereocenters. The van der Waals surface area contributed by atoms with Crippen molar-refractivity contribution in [3.8, 4) is 0 Å². The fraction of sp³-hybridized carbons (Fsp3) is 1.00. The summed E-state index contributed by atoms with van der Waals surface area (Å²) in [4.78, 5) is 0. The molecule has 0 rings (SSSR count). The van der Waals surface area contributed by atoms with Gasteiger partial charge in [-0.15, -0.1) is 0 Å². The molecule has 0 aromatic carbocycles. The summed E-state index contributed by atoms with van der Waals surface area (Å²) in [5, 5.41) is 3.33. The monoisotopic (exact) mass is 158 g/mol. The van der Waals surface area contributed by atoms with E-state index in [1.807, 2.05) is 7.05 Å². The van der Waals surface area contributed by atoms with Crippen LogP contribution in [0.1, 0.15) is 40.0 Å². The summed E-state index contributed by atoms with van der Waals surface area (Å²) in [6, 6.07) is 0.328. The highest BCUT2D eigenvalue weighted by Gasteiger charge is 2.18. The number of nitrogens with one attached hydrogen (secondary N) is 1. The molecule has 0 aliphatic carbocycles. The van der Waals surface area contributed by atoms with Crippen molar-refractivity contribution < 1.29 is 0 Å². The van der Waals surface area contributed by atoms with Crippen LogP contribution in [-0.2, 0) is 0 Å². The highest BCUT2D eigenvalue weighted by atomic mass is 14.9. The van der Waals surface area contributed by atoms with Crippen molar-refractivity contribution in [3.05, 3.63) is 0 Å². The van der Waals surface area contributed by atoms with Gasteiger partial charge in [0.2, 0.25) is 0 Å². The van der Waals surface area contributed by atoms with Crippen molar-refractivity contribution in [1.82, 2.24) is 5.32 Å². The zero-order chi connectivity index (χ0) is 8.91. The van der Waals surface area contributed by atoms with Crippen LogP contribution in [0.15, 0.2) is 0 Å². The Hall–Kier alpha value is -0.0800. The Morgan fingerprint density at radius 2 is 2.09 bits per heavy atom. The van der Waals surface area contributed by atoms with Crippen LogP contribution in [-0.4, -0.2) is 18.6 Å². The highest BCUT2D eigenvalue weighted by molar-refractivity contribution is 4.80. The van der Waals surface area contributed by atoms with Gasteiger partial charge in [-0.2, -0.15) is 0 Å². The Bertz CT molecular complexity index is 95.7. The van der Waals surface area contributed by atoms with Gasteiger partial charge < -0.3 is 11.1 Å². The molecule has 0 spiro atoms. The molecule has 0 heterocycles. The molecule has 0 aromatic heterocycles. The van der Waals surface area contributed by atoms with E-state index in [1.165, 1.54) is 0 Å². The van der Waals surface area contributed by atoms with Crippen molar-refractivity contribution in [2.24, 2.45) is 5.73 Å². The minimum Gasteiger partial charge on any atom is -0.328 e. The van der Waals surface area contributed by atoms with Gasteiger partial charge >= 0.3 is 0 Å². The fourth-order valence-corrected chi connectivity index (χ4v) is 1.02. The zero-order valence-corrected chi connectivity index (χ0v) is 8.28. The van der Waals surface area contributed by atoms with E-state index in [1.54, 1.807) is 0 Å². The molecule has 68 valence electrons. The van der Waals surface area contributed by atoms with E-state index < -0.39 is 0 Å². The second kappa shape index (κ2) is 4.73. The molecule has 2 heteroatoms. The minimum absolute atomic E-state index is 0.285. The van der Waals surface area contributed by atoms with Crippen molar-refractivity contribution in [3.63, 3.8) is 0 Å². The first-order valence-corrected chi connectivity index (χ1v) is 4.48. The van der Waals surface area contributed by atoms with Gasteiger partial charge in [0.05, 0.1) is 0 Å². The van der Waals surface area contributed by atoms with Crippen LogP contribution in [0.3, 0.4) is 0 Å². The predicted molar refractivity (Wildman–Crippen MR) is 50.6 cm³/mol. The molecular formula is C9H22N2. The van der Waals surface area contributed by atoms with Crippen LogP contribution in [0.25, 0.3) is 0 Å². The Kier molecular flexibility index (Phi) is 4.69. The molecule has 11 heavy (non-hydrogen) atoms. The van der Waals surface area contributed by atoms with Crippen LogP contribution >= 0.6 is 0 Å². The molecule has 0 aliphatic heterocycles. The predicted octanol–water partition coefficient (Wildman–Crippen LogP) is 1.50. The van der Waals surface area contributed by atoms with E-state index in [2.05, 4.69) is 26.1 Å². The summed E-state index contributed by atoms with van der Waals surface area (Å²) in [6.45, 7) is 6.51. The van der Waals surface area contributed by atoms with Crippen LogP contribution in [0.4, 0.5) is 0 Å². The molecule has 0 saturated carbocycles. The maximum absolute atomic E-state index is 5.68. The number of rotatable bonds is 5. The van der Waals surface area contributed by atoms with E-state index in [0.29, 0.717) is 6.04 Å². The lowest BCUT2D eigenvalue weighted by Gasteiger charge is -2.28. The Labute approximate surface area is 70.5 Å². The molecule has 0 saturated heterocycles. The SMILES string of the molecule is CC[C@](C)(CC[C@@H](C)N)NC. The average molecular weight is 158 g/mol. The Morgan fingerprint density at radius 3 is 2.36 bits per heavy atom. The van der Waals surface area contributed by atoms with Crippen LogP contribution in [0.5, 0.6) is 0 Å². The highest BCUT2D eigenvalue weighted by Crippen LogP contribution is 2.16. The van der Waals surface area contributed by atoms with E-state index in [4.69, 9.17) is 5.73 Å². The summed E-state index contributed by atoms with van der Waals surface area (Å²) in [7, 11) is 2.02. The van der Waals surface area contributed by atoms with Gasteiger partial charge in [0.25, 0.3) is 0 Å². The molecular weight excluding hydrogens is 136 g/mol. The van der Waals surface area contributed by atoms with Gasteiger partial charge in [0, 0.05) is 11.6 Å². The maximum atomic E-state index is 5.68. The Morgan fingerprint density at radius 1 is 1.55 bits per heavy atom. The van der Waals surface area contributed by atoms with Gasteiger partial charge in [0.15, 0.2) is 0 Å². The summed E-state index contributed by atoms with van der Waals surface area (Å²) in [5.41, 5.74) is 5.97. The molecule has 0 bridgehead atoms. The molecule has 0 radical (unpaired) electrons. The van der Waals surface area contributed by atoms with Gasteiger partial charge in [-0.1, -0.05) is 6.92 Å². The Balaban J connectivity index is 3.69. The molecule has 0 amide bonds. The quantitative estimate of drug-likeness (QED) is 0.636. The van der Waals surface area contributed by atoms with Crippen LogP contribution in [0, 0.1) is 0 Å². The summed E-state index contributed by atoms with van der Waals surface area (Å²) < 4.78 is 0. The standard InChI is InChI=1S/C9H22N2/c1-5-9(3,11-4)7-6-8(2)10/h8,11H,5-7,10H2,1-4H3/t8-,9-/m1/s1. The zero-order valence-electron chi connectivity index (χ0n) is 8.28. The van der Waals surface area contributed by atoms with E-state index in [0.717, 1.165) is 19.3 Å². The smallest absolute Gasteiger partial charge is 0.0148 e. The molecule has 2 atom stereocenters. The van der Waals surface area contributed by atoms with E-state index in [9.17, 15) is 0 Å². The van der Waals surface area contributed by atoms with E-state index >= 15 is 0 Å². The second-order valence-electron chi connectivity index (χ2n) is 3.68. The van der Waals surface area contributed by atoms with Crippen molar-refractivity contribution in [2.75, 3.05) is 7.05 Å². The maximum Gasteiger partial charge on any atom is 0.0148 e. The molecule has 0 fully saturated rings. The van der Waals surface area contributed by atoms with Crippen LogP contribution in [0.2, 0.25) is 0 Å². The lowest BCUT2D eigenvalue weighted by Crippen LogP contribution is -2.40. The first-order chi connectivity index (χ1) is 5.04. The fourth-order valence-electron chi connectivity index (χ4n) is 1.02. The third-order valence-corrected chi connectivity index (χ3v) is 2.54. The third-order valence-electron chi connectivity index (χ3n) is 2.54. The molecule has 3 N–H and O–H groups in total. The summed E-state index contributed by atoms with van der Waals surface area (Å²) in [6.07, 6.45) is 3.43. The largest absolute Gasteiger partial charge is 0.328 e. The molecule has 0 aliphatic rings. The first kappa shape index (κ1) is 10.9. The minimum atomic E-state index is 0.285. The van der Waals surface area contributed by atoms with Crippen molar-refractivity contribution in [2.45, 2.75) is 51.6 Å². The van der Waals surface area contributed by atoms with Gasteiger partial charge in [-0.3, -0.25) is 0 Å². The number of hydrogen-bond acceptors (Lipinski definition) is 2. The van der Waals surface area contributed by atoms with Gasteiger partial charge in [-0.25, -0.2) is 0 Å².